The monoisotopic (exact) mass is 452 g/mol. The molecule has 0 aliphatic carbocycles. The van der Waals surface area contributed by atoms with Crippen molar-refractivity contribution in [3.63, 3.8) is 0 Å². The summed E-state index contributed by atoms with van der Waals surface area (Å²) >= 11 is 0. The van der Waals surface area contributed by atoms with Gasteiger partial charge >= 0.3 is 35.5 Å². The summed E-state index contributed by atoms with van der Waals surface area (Å²) < 4.78 is 75.3. The normalized spacial score (nSPS) is 11.3. The van der Waals surface area contributed by atoms with E-state index in [0.717, 1.165) is 14.2 Å². The number of benzene rings is 2. The molecule has 0 atom stereocenters. The third kappa shape index (κ3) is 5.22. The zero-order valence-electron chi connectivity index (χ0n) is 15.4. The van der Waals surface area contributed by atoms with Crippen LogP contribution in [0.3, 0.4) is 0 Å². The molecular formula is C16H13NaO10S2. The molecule has 29 heavy (non-hydrogen) atoms. The summed E-state index contributed by atoms with van der Waals surface area (Å²) in [5.74, 6) is -2.58. The average Bonchev–Trinajstić information content (AvgIpc) is 2.64. The molecule has 0 saturated carbocycles. The number of esters is 2. The molecule has 2 rings (SSSR count). The molecule has 150 valence electrons. The van der Waals surface area contributed by atoms with E-state index in [1.165, 1.54) is 24.3 Å². The molecule has 13 heteroatoms. The van der Waals surface area contributed by atoms with Crippen LogP contribution < -0.4 is 29.6 Å². The van der Waals surface area contributed by atoms with Crippen molar-refractivity contribution in [1.82, 2.24) is 0 Å². The van der Waals surface area contributed by atoms with E-state index in [9.17, 15) is 35.5 Å². The molecule has 0 aromatic heterocycles. The summed E-state index contributed by atoms with van der Waals surface area (Å²) in [6.07, 6.45) is 0. The second kappa shape index (κ2) is 9.34. The van der Waals surface area contributed by atoms with Crippen molar-refractivity contribution in [1.29, 1.82) is 0 Å². The summed E-state index contributed by atoms with van der Waals surface area (Å²) in [7, 11) is -8.94. The van der Waals surface area contributed by atoms with Crippen molar-refractivity contribution in [2.24, 2.45) is 0 Å². The first kappa shape index (κ1) is 25.2. The van der Waals surface area contributed by atoms with Gasteiger partial charge in [0.05, 0.1) is 14.2 Å². The maximum Gasteiger partial charge on any atom is 1.00 e. The average molecular weight is 452 g/mol. The van der Waals surface area contributed by atoms with Crippen LogP contribution in [0.5, 0.6) is 0 Å². The molecule has 0 fully saturated rings. The van der Waals surface area contributed by atoms with Crippen molar-refractivity contribution in [2.75, 3.05) is 14.2 Å². The molecule has 0 spiro atoms. The summed E-state index contributed by atoms with van der Waals surface area (Å²) in [6.45, 7) is 0. The maximum atomic E-state index is 12.4. The van der Waals surface area contributed by atoms with Gasteiger partial charge in [0.25, 0.3) is 20.2 Å². The molecule has 2 N–H and O–H groups in total. The van der Waals surface area contributed by atoms with E-state index in [-0.39, 0.29) is 35.1 Å². The van der Waals surface area contributed by atoms with Gasteiger partial charge < -0.3 is 14.3 Å². The predicted molar refractivity (Wildman–Crippen MR) is 93.0 cm³/mol. The zero-order valence-corrected chi connectivity index (χ0v) is 19.0. The number of hydrogen-bond acceptors (Lipinski definition) is 8. The van der Waals surface area contributed by atoms with Gasteiger partial charge in [-0.3, -0.25) is 9.11 Å². The van der Waals surface area contributed by atoms with Gasteiger partial charge in [-0.1, -0.05) is 47.0 Å². The molecule has 10 nitrogen and oxygen atoms in total. The number of ether oxygens (including phenoxy) is 2. The Kier molecular flexibility index (Phi) is 8.13. The Balaban J connectivity index is 0.00000420. The van der Waals surface area contributed by atoms with Crippen molar-refractivity contribution in [2.45, 2.75) is 9.79 Å². The Hall–Kier alpha value is -1.80. The van der Waals surface area contributed by atoms with Crippen LogP contribution in [0.1, 0.15) is 20.7 Å². The molecular weight excluding hydrogens is 439 g/mol. The molecule has 0 saturated heterocycles. The van der Waals surface area contributed by atoms with Gasteiger partial charge in [-0.2, -0.15) is 8.42 Å². The van der Waals surface area contributed by atoms with Gasteiger partial charge in [-0.25, -0.2) is 13.2 Å². The summed E-state index contributed by atoms with van der Waals surface area (Å²) in [4.78, 5) is 21.6. The van der Waals surface area contributed by atoms with Crippen LogP contribution >= 0.6 is 0 Å². The molecule has 0 amide bonds. The molecule has 2 aromatic carbocycles. The Labute approximate surface area is 188 Å². The van der Waals surface area contributed by atoms with E-state index in [2.05, 4.69) is 9.47 Å². The molecule has 0 heterocycles. The standard InChI is InChI=1S/C16H13O10S2.Na/c1-25-15(17)10-8-11(27(19,20)21)14(28(22,23)24)13(16(18)26-2)12(10)9-6-4-3-5-7-9;/h3-7H,1-2H3,(H,19,20,21)(H,22,23,24);/q-1;+1. The number of hydrogen-bond donors (Lipinski definition) is 2. The minimum Gasteiger partial charge on any atom is -0.509 e. The Bertz CT molecular complexity index is 1160. The van der Waals surface area contributed by atoms with Gasteiger partial charge in [0.15, 0.2) is 0 Å². The minimum absolute atomic E-state index is 0. The fraction of sp³-hybridized carbons (Fsp3) is 0.125. The first-order valence-corrected chi connectivity index (χ1v) is 10.1. The first-order valence-electron chi connectivity index (χ1n) is 7.23. The Morgan fingerprint density at radius 1 is 0.897 bits per heavy atom. The van der Waals surface area contributed by atoms with Crippen LogP contribution in [-0.4, -0.2) is 52.1 Å². The van der Waals surface area contributed by atoms with Crippen molar-refractivity contribution in [3.8, 4) is 11.1 Å². The molecule has 0 aliphatic rings. The molecule has 0 bridgehead atoms. The van der Waals surface area contributed by atoms with E-state index in [1.807, 2.05) is 6.07 Å². The molecule has 2 aromatic rings. The SMILES string of the molecule is COC(=O)c1[c-]c(S(=O)(=O)O)c(S(=O)(=O)O)c(C(=O)OC)c1-c1ccccc1.[Na+]. The van der Waals surface area contributed by atoms with Crippen LogP contribution in [0.25, 0.3) is 11.1 Å². The number of rotatable bonds is 5. The quantitative estimate of drug-likeness (QED) is 0.230. The number of carbonyl (C=O) groups is 2. The van der Waals surface area contributed by atoms with Gasteiger partial charge in [-0.15, -0.1) is 6.07 Å². The maximum absolute atomic E-state index is 12.4. The molecule has 0 aliphatic heterocycles. The Morgan fingerprint density at radius 3 is 1.83 bits per heavy atom. The van der Waals surface area contributed by atoms with E-state index < -0.39 is 58.7 Å². The van der Waals surface area contributed by atoms with E-state index in [1.54, 1.807) is 6.07 Å². The van der Waals surface area contributed by atoms with Gasteiger partial charge in [0.2, 0.25) is 5.97 Å². The van der Waals surface area contributed by atoms with Gasteiger partial charge in [0, 0.05) is 15.4 Å². The molecule has 0 radical (unpaired) electrons. The van der Waals surface area contributed by atoms with Gasteiger partial charge in [-0.05, 0) is 0 Å². The van der Waals surface area contributed by atoms with Crippen LogP contribution in [0.15, 0.2) is 40.1 Å². The predicted octanol–water partition coefficient (Wildman–Crippen LogP) is -1.78. The van der Waals surface area contributed by atoms with Gasteiger partial charge in [0.1, 0.15) is 0 Å². The topological polar surface area (TPSA) is 161 Å². The number of carbonyl (C=O) groups excluding carboxylic acids is 2. The summed E-state index contributed by atoms with van der Waals surface area (Å²) in [5.41, 5.74) is -1.98. The third-order valence-corrected chi connectivity index (χ3v) is 5.40. The third-order valence-electron chi connectivity index (χ3n) is 3.53. The minimum atomic E-state index is -5.41. The van der Waals surface area contributed by atoms with Crippen LogP contribution in [0, 0.1) is 6.07 Å². The second-order valence-electron chi connectivity index (χ2n) is 5.21. The van der Waals surface area contributed by atoms with Crippen LogP contribution in [-0.2, 0) is 29.7 Å². The summed E-state index contributed by atoms with van der Waals surface area (Å²) in [5, 5.41) is 0. The zero-order chi connectivity index (χ0) is 21.3. The second-order valence-corrected chi connectivity index (χ2v) is 7.92. The largest absolute Gasteiger partial charge is 1.00 e. The van der Waals surface area contributed by atoms with Crippen LogP contribution in [0.2, 0.25) is 0 Å². The van der Waals surface area contributed by atoms with Crippen molar-refractivity contribution >= 4 is 32.2 Å². The summed E-state index contributed by atoms with van der Waals surface area (Å²) in [6, 6.07) is 9.25. The van der Waals surface area contributed by atoms with E-state index >= 15 is 0 Å². The fourth-order valence-electron chi connectivity index (χ4n) is 2.46. The van der Waals surface area contributed by atoms with E-state index in [4.69, 9.17) is 0 Å². The Morgan fingerprint density at radius 2 is 1.41 bits per heavy atom. The van der Waals surface area contributed by atoms with Crippen molar-refractivity contribution in [3.05, 3.63) is 47.5 Å². The first-order chi connectivity index (χ1) is 12.9. The fourth-order valence-corrected chi connectivity index (χ4v) is 4.39. The van der Waals surface area contributed by atoms with E-state index in [0.29, 0.717) is 0 Å². The molecule has 0 unspecified atom stereocenters. The smallest absolute Gasteiger partial charge is 0.509 e. The van der Waals surface area contributed by atoms with Crippen molar-refractivity contribution < 1.29 is 74.6 Å². The number of methoxy groups -OCH3 is 2. The van der Waals surface area contributed by atoms with Crippen LogP contribution in [0.4, 0.5) is 0 Å².